The second-order valence-corrected chi connectivity index (χ2v) is 6.51. The van der Waals surface area contributed by atoms with Gasteiger partial charge in [0.05, 0.1) is 17.4 Å². The molecule has 0 aliphatic rings. The molecule has 1 atom stereocenters. The third kappa shape index (κ3) is 4.14. The Kier molecular flexibility index (Phi) is 4.22. The van der Waals surface area contributed by atoms with Crippen LogP contribution in [0.3, 0.4) is 0 Å². The fourth-order valence-corrected chi connectivity index (χ4v) is 2.75. The maximum absolute atomic E-state index is 11.9. The highest BCUT2D eigenvalue weighted by Gasteiger charge is 2.23. The first-order chi connectivity index (χ1) is 7.81. The molecule has 0 saturated carbocycles. The minimum atomic E-state index is -3.45. The third-order valence-corrected chi connectivity index (χ3v) is 4.50. The predicted octanol–water partition coefficient (Wildman–Crippen LogP) is 1.17. The summed E-state index contributed by atoms with van der Waals surface area (Å²) in [7, 11) is -3.45. The van der Waals surface area contributed by atoms with Gasteiger partial charge in [-0.1, -0.05) is 6.07 Å². The molecule has 1 aromatic heterocycles. The number of sulfone groups is 1. The van der Waals surface area contributed by atoms with E-state index >= 15 is 0 Å². The van der Waals surface area contributed by atoms with Crippen LogP contribution in [0.4, 0.5) is 0 Å². The zero-order valence-electron chi connectivity index (χ0n) is 9.75. The molecule has 0 radical (unpaired) electrons. The van der Waals surface area contributed by atoms with E-state index in [0.717, 1.165) is 5.56 Å². The van der Waals surface area contributed by atoms with Gasteiger partial charge in [-0.2, -0.15) is 0 Å². The van der Waals surface area contributed by atoms with E-state index < -0.39 is 21.1 Å². The first-order valence-corrected chi connectivity index (χ1v) is 6.86. The monoisotopic (exact) mass is 257 g/mol. The maximum Gasteiger partial charge on any atom is 0.304 e. The quantitative estimate of drug-likeness (QED) is 0.855. The zero-order chi connectivity index (χ0) is 13.1. The number of carboxylic acid groups (broad SMARTS) is 1. The summed E-state index contributed by atoms with van der Waals surface area (Å²) in [6, 6.07) is 1.73. The molecular formula is C11H15NO4S. The van der Waals surface area contributed by atoms with Gasteiger partial charge in [0.25, 0.3) is 0 Å². The lowest BCUT2D eigenvalue weighted by Gasteiger charge is -2.10. The number of aryl methyl sites for hydroxylation is 1. The SMILES string of the molecule is Cc1cncc(CS(=O)(=O)C(C)CC(=O)O)c1. The largest absolute Gasteiger partial charge is 0.481 e. The van der Waals surface area contributed by atoms with Gasteiger partial charge in [-0.05, 0) is 25.0 Å². The number of aliphatic carboxylic acids is 1. The lowest BCUT2D eigenvalue weighted by atomic mass is 10.2. The molecule has 5 nitrogen and oxygen atoms in total. The molecule has 1 unspecified atom stereocenters. The van der Waals surface area contributed by atoms with Crippen molar-refractivity contribution in [1.29, 1.82) is 0 Å². The van der Waals surface area contributed by atoms with Crippen molar-refractivity contribution in [2.75, 3.05) is 0 Å². The van der Waals surface area contributed by atoms with E-state index in [-0.39, 0.29) is 12.2 Å². The second kappa shape index (κ2) is 5.27. The lowest BCUT2D eigenvalue weighted by Crippen LogP contribution is -2.22. The molecule has 0 aliphatic carbocycles. The minimum absolute atomic E-state index is 0.171. The fraction of sp³-hybridized carbons (Fsp3) is 0.455. The van der Waals surface area contributed by atoms with Gasteiger partial charge in [0.1, 0.15) is 0 Å². The molecule has 0 saturated heterocycles. The van der Waals surface area contributed by atoms with Crippen molar-refractivity contribution in [3.05, 3.63) is 29.6 Å². The van der Waals surface area contributed by atoms with Crippen LogP contribution in [0.5, 0.6) is 0 Å². The van der Waals surface area contributed by atoms with Crippen molar-refractivity contribution < 1.29 is 18.3 Å². The van der Waals surface area contributed by atoms with Crippen LogP contribution in [-0.4, -0.2) is 29.7 Å². The van der Waals surface area contributed by atoms with E-state index in [9.17, 15) is 13.2 Å². The number of hydrogen-bond acceptors (Lipinski definition) is 4. The summed E-state index contributed by atoms with van der Waals surface area (Å²) in [4.78, 5) is 14.4. The van der Waals surface area contributed by atoms with Crippen LogP contribution < -0.4 is 0 Å². The Hall–Kier alpha value is -1.43. The molecule has 0 spiro atoms. The van der Waals surface area contributed by atoms with E-state index in [0.29, 0.717) is 5.56 Å². The Balaban J connectivity index is 2.83. The van der Waals surface area contributed by atoms with Gasteiger partial charge in [-0.3, -0.25) is 9.78 Å². The summed E-state index contributed by atoms with van der Waals surface area (Å²) in [6.45, 7) is 3.23. The first kappa shape index (κ1) is 13.6. The van der Waals surface area contributed by atoms with Gasteiger partial charge < -0.3 is 5.11 Å². The average Bonchev–Trinajstić information content (AvgIpc) is 2.15. The number of carbonyl (C=O) groups is 1. The van der Waals surface area contributed by atoms with Crippen molar-refractivity contribution in [3.8, 4) is 0 Å². The highest BCUT2D eigenvalue weighted by atomic mass is 32.2. The number of hydrogen-bond donors (Lipinski definition) is 1. The molecule has 1 rings (SSSR count). The summed E-state index contributed by atoms with van der Waals surface area (Å²) in [5.74, 6) is -1.28. The number of nitrogens with zero attached hydrogens (tertiary/aromatic N) is 1. The molecule has 1 heterocycles. The smallest absolute Gasteiger partial charge is 0.304 e. The zero-order valence-corrected chi connectivity index (χ0v) is 10.6. The Bertz CT molecular complexity index is 510. The Morgan fingerprint density at radius 1 is 1.47 bits per heavy atom. The maximum atomic E-state index is 11.9. The first-order valence-electron chi connectivity index (χ1n) is 5.15. The van der Waals surface area contributed by atoms with Gasteiger partial charge >= 0.3 is 5.97 Å². The van der Waals surface area contributed by atoms with E-state index in [2.05, 4.69) is 4.98 Å². The van der Waals surface area contributed by atoms with Crippen molar-refractivity contribution in [2.24, 2.45) is 0 Å². The fourth-order valence-electron chi connectivity index (χ4n) is 1.44. The van der Waals surface area contributed by atoms with Crippen LogP contribution in [0.1, 0.15) is 24.5 Å². The van der Waals surface area contributed by atoms with Gasteiger partial charge in [0.2, 0.25) is 0 Å². The van der Waals surface area contributed by atoms with Gasteiger partial charge in [-0.25, -0.2) is 8.42 Å². The van der Waals surface area contributed by atoms with Crippen LogP contribution in [0, 0.1) is 6.92 Å². The minimum Gasteiger partial charge on any atom is -0.481 e. The number of aromatic nitrogens is 1. The van der Waals surface area contributed by atoms with E-state index in [1.807, 2.05) is 6.92 Å². The second-order valence-electron chi connectivity index (χ2n) is 4.09. The van der Waals surface area contributed by atoms with Gasteiger partial charge in [0.15, 0.2) is 9.84 Å². The van der Waals surface area contributed by atoms with Crippen LogP contribution in [0.2, 0.25) is 0 Å². The van der Waals surface area contributed by atoms with Crippen molar-refractivity contribution in [2.45, 2.75) is 31.3 Å². The summed E-state index contributed by atoms with van der Waals surface area (Å²) in [5, 5.41) is 7.69. The molecular weight excluding hydrogens is 242 g/mol. The van der Waals surface area contributed by atoms with Crippen molar-refractivity contribution in [3.63, 3.8) is 0 Å². The highest BCUT2D eigenvalue weighted by Crippen LogP contribution is 2.13. The molecule has 0 fully saturated rings. The molecule has 17 heavy (non-hydrogen) atoms. The number of rotatable bonds is 5. The molecule has 0 aliphatic heterocycles. The van der Waals surface area contributed by atoms with E-state index in [4.69, 9.17) is 5.11 Å². The standard InChI is InChI=1S/C11H15NO4S/c1-8-3-10(6-12-5-8)7-17(15,16)9(2)4-11(13)14/h3,5-6,9H,4,7H2,1-2H3,(H,13,14). The van der Waals surface area contributed by atoms with Crippen LogP contribution in [0.15, 0.2) is 18.5 Å². The number of carboxylic acids is 1. The molecule has 6 heteroatoms. The summed E-state index contributed by atoms with van der Waals surface area (Å²) in [6.07, 6.45) is 2.75. The Morgan fingerprint density at radius 3 is 2.65 bits per heavy atom. The molecule has 0 amide bonds. The van der Waals surface area contributed by atoms with Gasteiger partial charge in [0, 0.05) is 12.4 Å². The molecule has 0 aromatic carbocycles. The van der Waals surface area contributed by atoms with Crippen LogP contribution in [-0.2, 0) is 20.4 Å². The van der Waals surface area contributed by atoms with Crippen molar-refractivity contribution >= 4 is 15.8 Å². The van der Waals surface area contributed by atoms with Crippen LogP contribution >= 0.6 is 0 Å². The molecule has 0 bridgehead atoms. The number of pyridine rings is 1. The van der Waals surface area contributed by atoms with Crippen molar-refractivity contribution in [1.82, 2.24) is 4.98 Å². The Labute approximate surface area is 100 Å². The van der Waals surface area contributed by atoms with E-state index in [1.54, 1.807) is 12.3 Å². The van der Waals surface area contributed by atoms with Gasteiger partial charge in [-0.15, -0.1) is 0 Å². The van der Waals surface area contributed by atoms with E-state index in [1.165, 1.54) is 13.1 Å². The highest BCUT2D eigenvalue weighted by molar-refractivity contribution is 7.91. The third-order valence-electron chi connectivity index (χ3n) is 2.37. The normalized spacial score (nSPS) is 13.3. The van der Waals surface area contributed by atoms with Crippen LogP contribution in [0.25, 0.3) is 0 Å². The predicted molar refractivity (Wildman–Crippen MR) is 63.3 cm³/mol. The average molecular weight is 257 g/mol. The lowest BCUT2D eigenvalue weighted by molar-refractivity contribution is -0.136. The topological polar surface area (TPSA) is 84.3 Å². The summed E-state index contributed by atoms with van der Waals surface area (Å²) in [5.41, 5.74) is 1.46. The summed E-state index contributed by atoms with van der Waals surface area (Å²) >= 11 is 0. The molecule has 94 valence electrons. The summed E-state index contributed by atoms with van der Waals surface area (Å²) < 4.78 is 23.7. The molecule has 1 N–H and O–H groups in total. The molecule has 1 aromatic rings. The Morgan fingerprint density at radius 2 is 2.12 bits per heavy atom.